The van der Waals surface area contributed by atoms with Gasteiger partial charge in [0.05, 0.1) is 12.3 Å². The van der Waals surface area contributed by atoms with E-state index in [0.29, 0.717) is 12.1 Å². The SMILES string of the molecule is Cn1ncnc1-c1ccc(-c2[nH]nc3ncc(-c4ccc5c(c4)CC[C@@H](NC4CCCOC4)CC5)cc23)cc1. The van der Waals surface area contributed by atoms with E-state index in [1.807, 2.05) is 13.2 Å². The standard InChI is InChI=1S/C31H33N7O/c1-38-31(33-19-34-38)22-7-5-21(6-8-22)29-28-16-25(17-32-30(28)37-36-29)24-9-4-20-10-12-26(13-11-23(20)15-24)35-27-3-2-14-39-18-27/h4-9,15-17,19,26-27,35H,2-3,10-14,18H2,1H3,(H,32,36,37)/t26-,27?/m0/s1. The molecule has 2 N–H and O–H groups in total. The number of benzene rings is 2. The highest BCUT2D eigenvalue weighted by Crippen LogP contribution is 2.32. The number of aromatic nitrogens is 6. The van der Waals surface area contributed by atoms with Crippen molar-refractivity contribution in [2.45, 2.75) is 50.6 Å². The van der Waals surface area contributed by atoms with Crippen molar-refractivity contribution in [3.8, 4) is 33.8 Å². The lowest BCUT2D eigenvalue weighted by atomic mass is 9.96. The molecule has 198 valence electrons. The monoisotopic (exact) mass is 519 g/mol. The summed E-state index contributed by atoms with van der Waals surface area (Å²) in [5.41, 5.74) is 9.04. The molecule has 3 aromatic heterocycles. The molecule has 0 spiro atoms. The minimum Gasteiger partial charge on any atom is -0.380 e. The molecule has 1 unspecified atom stereocenters. The normalized spacial score (nSPS) is 19.6. The Kier molecular flexibility index (Phi) is 6.42. The highest BCUT2D eigenvalue weighted by molar-refractivity contribution is 5.93. The highest BCUT2D eigenvalue weighted by Gasteiger charge is 2.22. The zero-order chi connectivity index (χ0) is 26.2. The van der Waals surface area contributed by atoms with Crippen molar-refractivity contribution in [1.29, 1.82) is 0 Å². The molecule has 0 radical (unpaired) electrons. The minimum atomic E-state index is 0.505. The summed E-state index contributed by atoms with van der Waals surface area (Å²) in [7, 11) is 1.90. The van der Waals surface area contributed by atoms with Crippen molar-refractivity contribution in [3.63, 3.8) is 0 Å². The summed E-state index contributed by atoms with van der Waals surface area (Å²) in [4.78, 5) is 9.05. The number of aryl methyl sites for hydroxylation is 3. The Hall–Kier alpha value is -3.88. The maximum atomic E-state index is 5.69. The second-order valence-corrected chi connectivity index (χ2v) is 10.8. The summed E-state index contributed by atoms with van der Waals surface area (Å²) in [6, 6.07) is 18.5. The fourth-order valence-corrected chi connectivity index (χ4v) is 6.08. The predicted molar refractivity (Wildman–Crippen MR) is 152 cm³/mol. The van der Waals surface area contributed by atoms with Crippen LogP contribution in [0.2, 0.25) is 0 Å². The molecule has 0 saturated carbocycles. The highest BCUT2D eigenvalue weighted by atomic mass is 16.5. The third-order valence-electron chi connectivity index (χ3n) is 8.25. The Labute approximate surface area is 227 Å². The molecule has 1 saturated heterocycles. The van der Waals surface area contributed by atoms with E-state index in [9.17, 15) is 0 Å². The third kappa shape index (κ3) is 4.86. The Morgan fingerprint density at radius 2 is 1.69 bits per heavy atom. The van der Waals surface area contributed by atoms with Gasteiger partial charge in [-0.2, -0.15) is 10.2 Å². The van der Waals surface area contributed by atoms with Crippen LogP contribution in [0, 0.1) is 0 Å². The first-order valence-electron chi connectivity index (χ1n) is 14.0. The Balaban J connectivity index is 1.13. The van der Waals surface area contributed by atoms with Gasteiger partial charge in [0, 0.05) is 54.0 Å². The van der Waals surface area contributed by atoms with Crippen molar-refractivity contribution in [3.05, 3.63) is 72.2 Å². The summed E-state index contributed by atoms with van der Waals surface area (Å²) in [6.45, 7) is 1.76. The van der Waals surface area contributed by atoms with Gasteiger partial charge in [0.15, 0.2) is 11.5 Å². The van der Waals surface area contributed by atoms with Crippen LogP contribution >= 0.6 is 0 Å². The molecule has 2 aliphatic rings. The molecule has 8 heteroatoms. The average Bonchev–Trinajstić information content (AvgIpc) is 3.55. The lowest BCUT2D eigenvalue weighted by Gasteiger charge is -2.28. The molecule has 7 rings (SSSR count). The van der Waals surface area contributed by atoms with Gasteiger partial charge in [0.2, 0.25) is 0 Å². The Morgan fingerprint density at radius 1 is 0.872 bits per heavy atom. The molecule has 0 amide bonds. The molecule has 8 nitrogen and oxygen atoms in total. The molecule has 1 aliphatic heterocycles. The maximum Gasteiger partial charge on any atom is 0.181 e. The molecule has 5 aromatic rings. The number of H-pyrrole nitrogens is 1. The number of hydrogen-bond donors (Lipinski definition) is 2. The fraction of sp³-hybridized carbons (Fsp3) is 0.355. The maximum absolute atomic E-state index is 5.69. The van der Waals surface area contributed by atoms with Crippen LogP contribution in [-0.4, -0.2) is 55.2 Å². The van der Waals surface area contributed by atoms with Gasteiger partial charge in [0.1, 0.15) is 6.33 Å². The zero-order valence-corrected chi connectivity index (χ0v) is 22.2. The Bertz CT molecular complexity index is 1600. The molecule has 2 atom stereocenters. The number of hydrogen-bond acceptors (Lipinski definition) is 6. The average molecular weight is 520 g/mol. The number of ether oxygens (including phenoxy) is 1. The molecule has 39 heavy (non-hydrogen) atoms. The van der Waals surface area contributed by atoms with E-state index in [2.05, 4.69) is 74.1 Å². The molecule has 1 fully saturated rings. The van der Waals surface area contributed by atoms with E-state index in [0.717, 1.165) is 65.3 Å². The van der Waals surface area contributed by atoms with Crippen LogP contribution in [0.4, 0.5) is 0 Å². The quantitative estimate of drug-likeness (QED) is 0.314. The molecular weight excluding hydrogens is 486 g/mol. The van der Waals surface area contributed by atoms with E-state index < -0.39 is 0 Å². The second-order valence-electron chi connectivity index (χ2n) is 10.8. The van der Waals surface area contributed by atoms with Gasteiger partial charge < -0.3 is 10.1 Å². The summed E-state index contributed by atoms with van der Waals surface area (Å²) in [5.74, 6) is 0.841. The summed E-state index contributed by atoms with van der Waals surface area (Å²) in [5, 5.41) is 16.8. The van der Waals surface area contributed by atoms with Gasteiger partial charge in [0.25, 0.3) is 0 Å². The minimum absolute atomic E-state index is 0.505. The van der Waals surface area contributed by atoms with Gasteiger partial charge in [-0.25, -0.2) is 14.6 Å². The van der Waals surface area contributed by atoms with Crippen LogP contribution in [-0.2, 0) is 24.6 Å². The van der Waals surface area contributed by atoms with Crippen LogP contribution in [0.3, 0.4) is 0 Å². The number of aromatic amines is 1. The topological polar surface area (TPSA) is 93.5 Å². The van der Waals surface area contributed by atoms with Crippen molar-refractivity contribution >= 4 is 11.0 Å². The van der Waals surface area contributed by atoms with Gasteiger partial charge in [-0.15, -0.1) is 0 Å². The summed E-state index contributed by atoms with van der Waals surface area (Å²) < 4.78 is 7.46. The van der Waals surface area contributed by atoms with E-state index in [1.54, 1.807) is 11.0 Å². The first kappa shape index (κ1) is 24.2. The van der Waals surface area contributed by atoms with Crippen molar-refractivity contribution < 1.29 is 4.74 Å². The Morgan fingerprint density at radius 3 is 2.49 bits per heavy atom. The predicted octanol–water partition coefficient (Wildman–Crippen LogP) is 5.10. The molecule has 2 aromatic carbocycles. The number of rotatable bonds is 5. The second kappa shape index (κ2) is 10.4. The number of nitrogens with one attached hydrogen (secondary N) is 2. The van der Waals surface area contributed by atoms with Crippen LogP contribution < -0.4 is 5.32 Å². The van der Waals surface area contributed by atoms with Gasteiger partial charge in [-0.3, -0.25) is 5.10 Å². The van der Waals surface area contributed by atoms with Gasteiger partial charge >= 0.3 is 0 Å². The van der Waals surface area contributed by atoms with Crippen LogP contribution in [0.5, 0.6) is 0 Å². The van der Waals surface area contributed by atoms with E-state index >= 15 is 0 Å². The molecule has 1 aliphatic carbocycles. The lowest BCUT2D eigenvalue weighted by molar-refractivity contribution is 0.0656. The largest absolute Gasteiger partial charge is 0.380 e. The number of pyridine rings is 1. The lowest BCUT2D eigenvalue weighted by Crippen LogP contribution is -2.43. The zero-order valence-electron chi connectivity index (χ0n) is 22.2. The van der Waals surface area contributed by atoms with E-state index in [-0.39, 0.29) is 0 Å². The van der Waals surface area contributed by atoms with Gasteiger partial charge in [-0.1, -0.05) is 42.5 Å². The van der Waals surface area contributed by atoms with Gasteiger partial charge in [-0.05, 0) is 61.3 Å². The van der Waals surface area contributed by atoms with Crippen LogP contribution in [0.15, 0.2) is 61.1 Å². The van der Waals surface area contributed by atoms with Crippen molar-refractivity contribution in [2.75, 3.05) is 13.2 Å². The van der Waals surface area contributed by atoms with Crippen molar-refractivity contribution in [1.82, 2.24) is 35.3 Å². The molecule has 4 heterocycles. The summed E-state index contributed by atoms with van der Waals surface area (Å²) >= 11 is 0. The van der Waals surface area contributed by atoms with E-state index in [4.69, 9.17) is 9.72 Å². The van der Waals surface area contributed by atoms with E-state index in [1.165, 1.54) is 42.4 Å². The third-order valence-corrected chi connectivity index (χ3v) is 8.25. The smallest absolute Gasteiger partial charge is 0.181 e. The van der Waals surface area contributed by atoms with Crippen LogP contribution in [0.25, 0.3) is 44.8 Å². The number of nitrogens with zero attached hydrogens (tertiary/aromatic N) is 5. The summed E-state index contributed by atoms with van der Waals surface area (Å²) in [6.07, 6.45) is 10.5. The first-order chi connectivity index (χ1) is 19.2. The van der Waals surface area contributed by atoms with Crippen LogP contribution in [0.1, 0.15) is 36.8 Å². The first-order valence-corrected chi connectivity index (χ1v) is 14.0. The van der Waals surface area contributed by atoms with Crippen molar-refractivity contribution in [2.24, 2.45) is 7.05 Å². The molecular formula is C31H33N7O. The number of fused-ring (bicyclic) bond motifs is 2. The fourth-order valence-electron chi connectivity index (χ4n) is 6.08. The molecule has 0 bridgehead atoms.